The maximum Gasteiger partial charge on any atom is 0.119 e. The maximum atomic E-state index is 10.3. The Kier molecular flexibility index (Phi) is 11.5. The number of rotatable bonds is 14. The lowest BCUT2D eigenvalue weighted by Crippen LogP contribution is -3.10. The van der Waals surface area contributed by atoms with Crippen molar-refractivity contribution < 1.29 is 14.5 Å². The van der Waals surface area contributed by atoms with Gasteiger partial charge in [0.2, 0.25) is 0 Å². The molecule has 1 aliphatic heterocycles. The summed E-state index contributed by atoms with van der Waals surface area (Å²) < 4.78 is 0. The number of carbonyl (C=O) groups excluding carboxylic acids is 2. The van der Waals surface area contributed by atoms with Gasteiger partial charge in [0.05, 0.1) is 6.54 Å². The first-order valence-electron chi connectivity index (χ1n) is 8.96. The van der Waals surface area contributed by atoms with Crippen molar-refractivity contribution in [3.63, 3.8) is 0 Å². The molecule has 3 nitrogen and oxygen atoms in total. The van der Waals surface area contributed by atoms with Gasteiger partial charge in [-0.25, -0.2) is 0 Å². The summed E-state index contributed by atoms with van der Waals surface area (Å²) in [6, 6.07) is 0. The van der Waals surface area contributed by atoms with Crippen LogP contribution in [0.2, 0.25) is 0 Å². The number of aldehydes is 2. The molecule has 0 aromatic heterocycles. The van der Waals surface area contributed by atoms with Crippen LogP contribution in [0.25, 0.3) is 0 Å². The lowest BCUT2D eigenvalue weighted by atomic mass is 10.1. The largest absolute Gasteiger partial charge is 0.303 e. The van der Waals surface area contributed by atoms with Crippen LogP contribution in [-0.2, 0) is 9.59 Å². The standard InChI is InChI=1S/C19H31NO2/c21-17-11-5-2-1-3-7-13-19-14-8-10-16-20(19)15-9-4-6-12-18-22/h8,10,14,17-18H,1-7,9,11-13,15-16H2/p+1. The van der Waals surface area contributed by atoms with Gasteiger partial charge < -0.3 is 14.5 Å². The van der Waals surface area contributed by atoms with Gasteiger partial charge in [0.25, 0.3) is 0 Å². The Morgan fingerprint density at radius 1 is 0.864 bits per heavy atom. The van der Waals surface area contributed by atoms with Gasteiger partial charge in [-0.1, -0.05) is 25.3 Å². The first-order chi connectivity index (χ1) is 10.9. The molecular formula is C19H32NO2+. The second-order valence-electron chi connectivity index (χ2n) is 6.17. The highest BCUT2D eigenvalue weighted by Gasteiger charge is 2.15. The molecule has 1 rings (SSSR count). The van der Waals surface area contributed by atoms with Crippen LogP contribution in [0.5, 0.6) is 0 Å². The van der Waals surface area contributed by atoms with Crippen molar-refractivity contribution >= 4 is 12.6 Å². The zero-order valence-electron chi connectivity index (χ0n) is 13.9. The molecule has 0 saturated heterocycles. The summed E-state index contributed by atoms with van der Waals surface area (Å²) in [5, 5.41) is 0. The summed E-state index contributed by atoms with van der Waals surface area (Å²) in [7, 11) is 0. The van der Waals surface area contributed by atoms with E-state index in [1.807, 2.05) is 0 Å². The second kappa shape index (κ2) is 13.4. The molecule has 0 aromatic carbocycles. The third kappa shape index (κ3) is 8.93. The molecule has 0 radical (unpaired) electrons. The third-order valence-electron chi connectivity index (χ3n) is 4.32. The van der Waals surface area contributed by atoms with E-state index in [-0.39, 0.29) is 0 Å². The van der Waals surface area contributed by atoms with Crippen LogP contribution in [0.4, 0.5) is 0 Å². The highest BCUT2D eigenvalue weighted by atomic mass is 16.1. The van der Waals surface area contributed by atoms with Crippen molar-refractivity contribution in [3.05, 3.63) is 23.9 Å². The van der Waals surface area contributed by atoms with Crippen molar-refractivity contribution in [2.75, 3.05) is 13.1 Å². The fourth-order valence-corrected chi connectivity index (χ4v) is 2.98. The molecule has 22 heavy (non-hydrogen) atoms. The fourth-order valence-electron chi connectivity index (χ4n) is 2.98. The van der Waals surface area contributed by atoms with Crippen molar-refractivity contribution in [1.82, 2.24) is 0 Å². The van der Waals surface area contributed by atoms with Gasteiger partial charge >= 0.3 is 0 Å². The Labute approximate surface area is 135 Å². The molecule has 0 aliphatic carbocycles. The van der Waals surface area contributed by atoms with E-state index in [2.05, 4.69) is 18.2 Å². The monoisotopic (exact) mass is 306 g/mol. The minimum absolute atomic E-state index is 0.710. The first-order valence-corrected chi connectivity index (χ1v) is 8.96. The molecule has 1 atom stereocenters. The predicted octanol–water partition coefficient (Wildman–Crippen LogP) is 3.01. The van der Waals surface area contributed by atoms with Gasteiger partial charge in [-0.15, -0.1) is 0 Å². The quantitative estimate of drug-likeness (QED) is 0.396. The predicted molar refractivity (Wildman–Crippen MR) is 90.8 cm³/mol. The van der Waals surface area contributed by atoms with Gasteiger partial charge in [0, 0.05) is 19.3 Å². The normalized spacial score (nSPS) is 17.3. The molecule has 1 N–H and O–H groups in total. The maximum absolute atomic E-state index is 10.3. The van der Waals surface area contributed by atoms with Crippen LogP contribution in [0.15, 0.2) is 23.9 Å². The van der Waals surface area contributed by atoms with Crippen LogP contribution < -0.4 is 4.90 Å². The smallest absolute Gasteiger partial charge is 0.119 e. The van der Waals surface area contributed by atoms with Gasteiger partial charge in [0.15, 0.2) is 0 Å². The van der Waals surface area contributed by atoms with Gasteiger partial charge in [-0.3, -0.25) is 0 Å². The number of allylic oxidation sites excluding steroid dienone is 3. The first kappa shape index (κ1) is 18.8. The summed E-state index contributed by atoms with van der Waals surface area (Å²) in [4.78, 5) is 22.2. The topological polar surface area (TPSA) is 38.6 Å². The zero-order chi connectivity index (χ0) is 15.9. The summed E-state index contributed by atoms with van der Waals surface area (Å²) in [5.41, 5.74) is 1.55. The van der Waals surface area contributed by atoms with E-state index in [0.29, 0.717) is 6.42 Å². The van der Waals surface area contributed by atoms with Crippen molar-refractivity contribution in [2.45, 2.75) is 70.6 Å². The highest BCUT2D eigenvalue weighted by molar-refractivity contribution is 5.49. The van der Waals surface area contributed by atoms with Crippen molar-refractivity contribution in [2.24, 2.45) is 0 Å². The Morgan fingerprint density at radius 3 is 2.23 bits per heavy atom. The van der Waals surface area contributed by atoms with Gasteiger partial charge in [-0.05, 0) is 44.3 Å². The second-order valence-corrected chi connectivity index (χ2v) is 6.17. The van der Waals surface area contributed by atoms with Crippen LogP contribution >= 0.6 is 0 Å². The van der Waals surface area contributed by atoms with E-state index in [1.54, 1.807) is 10.6 Å². The molecule has 0 bridgehead atoms. The minimum Gasteiger partial charge on any atom is -0.303 e. The van der Waals surface area contributed by atoms with Gasteiger partial charge in [-0.2, -0.15) is 0 Å². The van der Waals surface area contributed by atoms with Gasteiger partial charge in [0.1, 0.15) is 24.8 Å². The summed E-state index contributed by atoms with van der Waals surface area (Å²) in [6.45, 7) is 2.30. The van der Waals surface area contributed by atoms with E-state index >= 15 is 0 Å². The zero-order valence-corrected chi connectivity index (χ0v) is 13.9. The molecule has 0 fully saturated rings. The number of quaternary nitrogens is 1. The molecule has 0 spiro atoms. The lowest BCUT2D eigenvalue weighted by Gasteiger charge is -2.22. The van der Waals surface area contributed by atoms with Crippen molar-refractivity contribution in [3.8, 4) is 0 Å². The SMILES string of the molecule is O=CCCCCCCCC1=CC=CC[NH+]1CCCCCC=O. The van der Waals surface area contributed by atoms with E-state index in [1.165, 1.54) is 45.1 Å². The Morgan fingerprint density at radius 2 is 1.50 bits per heavy atom. The lowest BCUT2D eigenvalue weighted by molar-refractivity contribution is -0.857. The average molecular weight is 306 g/mol. The average Bonchev–Trinajstić information content (AvgIpc) is 2.55. The Bertz CT molecular complexity index is 360. The number of carbonyl (C=O) groups is 2. The van der Waals surface area contributed by atoms with Crippen LogP contribution in [0.1, 0.15) is 70.6 Å². The molecule has 0 amide bonds. The number of nitrogens with one attached hydrogen (secondary N) is 1. The molecule has 3 heteroatoms. The molecule has 0 saturated carbocycles. The number of unbranched alkanes of at least 4 members (excludes halogenated alkanes) is 8. The van der Waals surface area contributed by atoms with E-state index in [4.69, 9.17) is 0 Å². The van der Waals surface area contributed by atoms with E-state index in [9.17, 15) is 9.59 Å². The Hall–Kier alpha value is -1.22. The molecule has 1 heterocycles. The molecule has 1 aliphatic rings. The van der Waals surface area contributed by atoms with Crippen LogP contribution in [0.3, 0.4) is 0 Å². The van der Waals surface area contributed by atoms with E-state index < -0.39 is 0 Å². The van der Waals surface area contributed by atoms with E-state index in [0.717, 1.165) is 44.8 Å². The highest BCUT2D eigenvalue weighted by Crippen LogP contribution is 2.10. The third-order valence-corrected chi connectivity index (χ3v) is 4.32. The Balaban J connectivity index is 2.13. The minimum atomic E-state index is 0.710. The molecule has 124 valence electrons. The fraction of sp³-hybridized carbons (Fsp3) is 0.684. The summed E-state index contributed by atoms with van der Waals surface area (Å²) in [6.07, 6.45) is 20.8. The molecule has 1 unspecified atom stereocenters. The number of hydrogen-bond acceptors (Lipinski definition) is 2. The summed E-state index contributed by atoms with van der Waals surface area (Å²) >= 11 is 0. The molecular weight excluding hydrogens is 274 g/mol. The van der Waals surface area contributed by atoms with Crippen LogP contribution in [-0.4, -0.2) is 25.7 Å². The molecule has 0 aromatic rings. The number of hydrogen-bond donors (Lipinski definition) is 1. The van der Waals surface area contributed by atoms with Crippen molar-refractivity contribution in [1.29, 1.82) is 0 Å². The summed E-state index contributed by atoms with van der Waals surface area (Å²) in [5.74, 6) is 0. The van der Waals surface area contributed by atoms with Crippen LogP contribution in [0, 0.1) is 0 Å².